The third-order valence-corrected chi connectivity index (χ3v) is 5.91. The summed E-state index contributed by atoms with van der Waals surface area (Å²) >= 11 is 0. The van der Waals surface area contributed by atoms with Crippen LogP contribution in [0.3, 0.4) is 0 Å². The van der Waals surface area contributed by atoms with Crippen molar-refractivity contribution >= 4 is 11.5 Å². The number of carboxylic acids is 1. The number of benzene rings is 2. The average molecular weight is 465 g/mol. The Labute approximate surface area is 217 Å². The van der Waals surface area contributed by atoms with Gasteiger partial charge in [0.2, 0.25) is 0 Å². The van der Waals surface area contributed by atoms with Crippen LogP contribution < -0.4 is 34.3 Å². The summed E-state index contributed by atoms with van der Waals surface area (Å²) in [6.45, 7) is 4.06. The minimum atomic E-state index is -1.15. The zero-order valence-electron chi connectivity index (χ0n) is 20.3. The number of aliphatic hydroxyl groups excluding tert-OH is 2. The summed E-state index contributed by atoms with van der Waals surface area (Å²) in [4.78, 5) is 10.8. The zero-order chi connectivity index (χ0) is 23.3. The number of hydrogen-bond acceptors (Lipinski definition) is 4. The summed E-state index contributed by atoms with van der Waals surface area (Å²) in [6.07, 6.45) is 1.97. The van der Waals surface area contributed by atoms with Crippen LogP contribution in [0, 0.1) is 5.82 Å². The second kappa shape index (κ2) is 12.0. The van der Waals surface area contributed by atoms with E-state index in [1.54, 1.807) is 24.3 Å². The number of aliphatic hydroxyl groups is 2. The van der Waals surface area contributed by atoms with Crippen molar-refractivity contribution in [2.45, 2.75) is 57.3 Å². The largest absolute Gasteiger partial charge is 1.00 e. The Balaban J connectivity index is 0.00000289. The fourth-order valence-corrected chi connectivity index (χ4v) is 4.19. The molecule has 1 aliphatic rings. The van der Waals surface area contributed by atoms with Gasteiger partial charge >= 0.3 is 35.5 Å². The molecule has 2 atom stereocenters. The minimum absolute atomic E-state index is 0. The Hall–Kier alpha value is -1.96. The fraction of sp³-hybridized carbons (Fsp3) is 0.346. The molecule has 0 saturated carbocycles. The van der Waals surface area contributed by atoms with E-state index in [-0.39, 0.29) is 43.2 Å². The molecule has 1 heterocycles. The number of para-hydroxylation sites is 1. The van der Waals surface area contributed by atoms with Crippen LogP contribution in [0.2, 0.25) is 0 Å². The van der Waals surface area contributed by atoms with Crippen LogP contribution in [0.5, 0.6) is 5.75 Å². The summed E-state index contributed by atoms with van der Waals surface area (Å²) < 4.78 is 20.1. The number of rotatable bonds is 9. The second-order valence-corrected chi connectivity index (χ2v) is 8.01. The van der Waals surface area contributed by atoms with Crippen molar-refractivity contribution < 1.29 is 60.2 Å². The SMILES string of the molecule is CCC1(CC)Oc2ccccc2C(c2ccc(F)cc2)=C1/C=C/C(O)CC(O)CC(=O)O.[H-].[Na+]. The molecule has 1 aliphatic heterocycles. The van der Waals surface area contributed by atoms with Gasteiger partial charge in [0, 0.05) is 17.6 Å². The molecule has 0 radical (unpaired) electrons. The van der Waals surface area contributed by atoms with Crippen LogP contribution in [-0.2, 0) is 4.79 Å². The summed E-state index contributed by atoms with van der Waals surface area (Å²) in [6, 6.07) is 14.0. The van der Waals surface area contributed by atoms with Gasteiger partial charge in [0.25, 0.3) is 0 Å². The number of ether oxygens (including phenoxy) is 1. The van der Waals surface area contributed by atoms with E-state index in [9.17, 15) is 19.4 Å². The van der Waals surface area contributed by atoms with E-state index in [1.165, 1.54) is 12.1 Å². The Kier molecular flexibility index (Phi) is 9.88. The molecule has 2 unspecified atom stereocenters. The molecule has 172 valence electrons. The van der Waals surface area contributed by atoms with Gasteiger partial charge < -0.3 is 21.5 Å². The van der Waals surface area contributed by atoms with Crippen LogP contribution in [0.1, 0.15) is 52.1 Å². The number of carboxylic acid groups (broad SMARTS) is 1. The molecule has 7 heteroatoms. The normalized spacial score (nSPS) is 16.5. The van der Waals surface area contributed by atoms with Crippen molar-refractivity contribution in [1.29, 1.82) is 0 Å². The van der Waals surface area contributed by atoms with Crippen molar-refractivity contribution in [2.75, 3.05) is 0 Å². The van der Waals surface area contributed by atoms with Crippen LogP contribution in [0.25, 0.3) is 5.57 Å². The van der Waals surface area contributed by atoms with Gasteiger partial charge in [0.15, 0.2) is 0 Å². The maximum absolute atomic E-state index is 13.6. The molecule has 5 nitrogen and oxygen atoms in total. The topological polar surface area (TPSA) is 87.0 Å². The second-order valence-electron chi connectivity index (χ2n) is 8.01. The quantitative estimate of drug-likeness (QED) is 0.493. The van der Waals surface area contributed by atoms with Gasteiger partial charge in [-0.3, -0.25) is 4.79 Å². The Morgan fingerprint density at radius 3 is 2.36 bits per heavy atom. The predicted molar refractivity (Wildman–Crippen MR) is 122 cm³/mol. The van der Waals surface area contributed by atoms with Gasteiger partial charge in [-0.1, -0.05) is 56.3 Å². The molecule has 3 rings (SSSR count). The van der Waals surface area contributed by atoms with E-state index in [0.717, 1.165) is 28.0 Å². The summed E-state index contributed by atoms with van der Waals surface area (Å²) in [5.41, 5.74) is 2.78. The minimum Gasteiger partial charge on any atom is -1.00 e. The van der Waals surface area contributed by atoms with Crippen molar-refractivity contribution in [3.8, 4) is 5.75 Å². The summed E-state index contributed by atoms with van der Waals surface area (Å²) in [7, 11) is 0. The van der Waals surface area contributed by atoms with Gasteiger partial charge in [-0.25, -0.2) is 4.39 Å². The standard InChI is InChI=1S/C26H29FO5.Na.H/c1-3-26(4-2)22(14-13-19(28)15-20(29)16-24(30)31)25(17-9-11-18(27)12-10-17)21-7-5-6-8-23(21)32-26;;/h5-14,19-20,28-29H,3-4,15-16H2,1-2H3,(H,30,31);;/q;+1;-1/b14-13+;;. The molecular weight excluding hydrogens is 434 g/mol. The van der Waals surface area contributed by atoms with E-state index in [1.807, 2.05) is 38.1 Å². The molecule has 0 saturated heterocycles. The van der Waals surface area contributed by atoms with Gasteiger partial charge in [-0.15, -0.1) is 0 Å². The Bertz CT molecular complexity index is 1020. The average Bonchev–Trinajstić information content (AvgIpc) is 2.76. The van der Waals surface area contributed by atoms with Crippen molar-refractivity contribution in [3.05, 3.63) is 83.2 Å². The summed E-state index contributed by atoms with van der Waals surface area (Å²) in [5, 5.41) is 29.1. The van der Waals surface area contributed by atoms with Crippen LogP contribution in [0.15, 0.2) is 66.3 Å². The van der Waals surface area contributed by atoms with E-state index in [2.05, 4.69) is 0 Å². The molecule has 0 bridgehead atoms. The fourth-order valence-electron chi connectivity index (χ4n) is 4.19. The van der Waals surface area contributed by atoms with Gasteiger partial charge in [0.05, 0.1) is 18.6 Å². The molecule has 33 heavy (non-hydrogen) atoms. The third-order valence-electron chi connectivity index (χ3n) is 5.91. The van der Waals surface area contributed by atoms with E-state index < -0.39 is 30.2 Å². The number of hydrogen-bond donors (Lipinski definition) is 3. The van der Waals surface area contributed by atoms with Crippen LogP contribution >= 0.6 is 0 Å². The smallest absolute Gasteiger partial charge is 1.00 e. The van der Waals surface area contributed by atoms with Crippen molar-refractivity contribution in [2.24, 2.45) is 0 Å². The molecule has 0 spiro atoms. The van der Waals surface area contributed by atoms with Gasteiger partial charge in [-0.05, 0) is 42.2 Å². The molecule has 0 aliphatic carbocycles. The van der Waals surface area contributed by atoms with Crippen LogP contribution in [0.4, 0.5) is 4.39 Å². The van der Waals surface area contributed by atoms with E-state index in [0.29, 0.717) is 12.8 Å². The Morgan fingerprint density at radius 1 is 1.12 bits per heavy atom. The van der Waals surface area contributed by atoms with Gasteiger partial charge in [0.1, 0.15) is 17.2 Å². The Morgan fingerprint density at radius 2 is 1.76 bits per heavy atom. The molecule has 0 amide bonds. The molecule has 2 aromatic carbocycles. The first-order valence-corrected chi connectivity index (χ1v) is 10.8. The number of aliphatic carboxylic acids is 1. The third kappa shape index (κ3) is 6.34. The summed E-state index contributed by atoms with van der Waals surface area (Å²) in [5.74, 6) is -0.708. The van der Waals surface area contributed by atoms with Crippen molar-refractivity contribution in [3.63, 3.8) is 0 Å². The van der Waals surface area contributed by atoms with Gasteiger partial charge in [-0.2, -0.15) is 0 Å². The maximum atomic E-state index is 13.6. The first-order chi connectivity index (χ1) is 15.3. The van der Waals surface area contributed by atoms with Crippen molar-refractivity contribution in [1.82, 2.24) is 0 Å². The first-order valence-electron chi connectivity index (χ1n) is 10.8. The monoisotopic (exact) mass is 464 g/mol. The van der Waals surface area contributed by atoms with E-state index in [4.69, 9.17) is 9.84 Å². The van der Waals surface area contributed by atoms with E-state index >= 15 is 0 Å². The molecule has 3 N–H and O–H groups in total. The molecular formula is C26H30FNaO5. The zero-order valence-corrected chi connectivity index (χ0v) is 21.3. The maximum Gasteiger partial charge on any atom is 1.00 e. The molecule has 0 aromatic heterocycles. The number of halogens is 1. The number of carbonyl (C=O) groups is 1. The molecule has 2 aromatic rings. The van der Waals surface area contributed by atoms with Crippen LogP contribution in [-0.4, -0.2) is 39.1 Å². The number of fused-ring (bicyclic) bond motifs is 1. The predicted octanol–water partition coefficient (Wildman–Crippen LogP) is 1.84. The molecule has 0 fully saturated rings. The first kappa shape index (κ1) is 27.3.